The summed E-state index contributed by atoms with van der Waals surface area (Å²) in [6.45, 7) is 8.12. The van der Waals surface area contributed by atoms with Gasteiger partial charge in [0.25, 0.3) is 0 Å². The molecule has 23 heavy (non-hydrogen) atoms. The minimum Gasteiger partial charge on any atom is -0.326 e. The first-order valence-electron chi connectivity index (χ1n) is 8.55. The van der Waals surface area contributed by atoms with Gasteiger partial charge in [0.15, 0.2) is 0 Å². The fourth-order valence-electron chi connectivity index (χ4n) is 3.62. The third-order valence-electron chi connectivity index (χ3n) is 4.81. The average Bonchev–Trinajstić information content (AvgIpc) is 2.46. The maximum Gasteiger partial charge on any atom is 0.227 e. The zero-order valence-corrected chi connectivity index (χ0v) is 14.6. The van der Waals surface area contributed by atoms with Gasteiger partial charge < -0.3 is 10.6 Å². The molecule has 0 aliphatic heterocycles. The molecule has 0 aromatic heterocycles. The van der Waals surface area contributed by atoms with Gasteiger partial charge in [-0.15, -0.1) is 0 Å². The molecular formula is C19H28N2O2. The Hall–Kier alpha value is -1.84. The van der Waals surface area contributed by atoms with E-state index in [-0.39, 0.29) is 17.7 Å². The maximum absolute atomic E-state index is 12.8. The number of benzene rings is 1. The lowest BCUT2D eigenvalue weighted by Gasteiger charge is -2.36. The Morgan fingerprint density at radius 3 is 2.39 bits per heavy atom. The van der Waals surface area contributed by atoms with E-state index in [4.69, 9.17) is 0 Å². The minimum absolute atomic E-state index is 0.0724. The van der Waals surface area contributed by atoms with E-state index in [0.717, 1.165) is 18.5 Å². The van der Waals surface area contributed by atoms with Crippen LogP contribution in [0.1, 0.15) is 47.0 Å². The lowest BCUT2D eigenvalue weighted by Crippen LogP contribution is -2.36. The summed E-state index contributed by atoms with van der Waals surface area (Å²) in [6, 6.07) is 7.32. The van der Waals surface area contributed by atoms with Crippen molar-refractivity contribution in [3.05, 3.63) is 24.3 Å². The van der Waals surface area contributed by atoms with Crippen molar-refractivity contribution in [3.63, 3.8) is 0 Å². The van der Waals surface area contributed by atoms with Crippen LogP contribution in [0.2, 0.25) is 0 Å². The first-order valence-corrected chi connectivity index (χ1v) is 8.55. The van der Waals surface area contributed by atoms with Crippen LogP contribution >= 0.6 is 0 Å². The van der Waals surface area contributed by atoms with E-state index >= 15 is 0 Å². The van der Waals surface area contributed by atoms with Crippen molar-refractivity contribution in [1.82, 2.24) is 0 Å². The van der Waals surface area contributed by atoms with Crippen molar-refractivity contribution in [2.45, 2.75) is 47.0 Å². The summed E-state index contributed by atoms with van der Waals surface area (Å²) in [5.41, 5.74) is 1.44. The summed E-state index contributed by atoms with van der Waals surface area (Å²) in [4.78, 5) is 23.9. The van der Waals surface area contributed by atoms with Crippen LogP contribution in [0.4, 0.5) is 11.4 Å². The second-order valence-electron chi connectivity index (χ2n) is 7.18. The fourth-order valence-corrected chi connectivity index (χ4v) is 3.62. The molecule has 1 saturated carbocycles. The summed E-state index contributed by atoms with van der Waals surface area (Å²) in [6.07, 6.45) is 3.30. The van der Waals surface area contributed by atoms with Gasteiger partial charge in [-0.1, -0.05) is 33.3 Å². The van der Waals surface area contributed by atoms with Crippen molar-refractivity contribution < 1.29 is 9.59 Å². The van der Waals surface area contributed by atoms with Gasteiger partial charge in [-0.05, 0) is 48.8 Å². The highest BCUT2D eigenvalue weighted by Gasteiger charge is 2.35. The van der Waals surface area contributed by atoms with Crippen LogP contribution in [0.25, 0.3) is 0 Å². The molecular weight excluding hydrogens is 288 g/mol. The quantitative estimate of drug-likeness (QED) is 0.870. The maximum atomic E-state index is 12.8. The number of amides is 2. The molecule has 0 saturated heterocycles. The zero-order chi connectivity index (χ0) is 17.0. The lowest BCUT2D eigenvalue weighted by atomic mass is 9.70. The molecule has 1 aromatic rings. The van der Waals surface area contributed by atoms with Crippen molar-refractivity contribution in [2.75, 3.05) is 10.6 Å². The Balaban J connectivity index is 2.09. The lowest BCUT2D eigenvalue weighted by molar-refractivity contribution is -0.124. The highest BCUT2D eigenvalue weighted by Crippen LogP contribution is 2.38. The van der Waals surface area contributed by atoms with E-state index in [1.165, 1.54) is 13.3 Å². The van der Waals surface area contributed by atoms with E-state index in [0.29, 0.717) is 23.4 Å². The minimum atomic E-state index is -0.116. The van der Waals surface area contributed by atoms with Gasteiger partial charge in [0, 0.05) is 24.2 Å². The number of nitrogens with one attached hydrogen (secondary N) is 2. The normalized spacial score (nSPS) is 24.3. The van der Waals surface area contributed by atoms with E-state index < -0.39 is 0 Å². The highest BCUT2D eigenvalue weighted by molar-refractivity contribution is 5.94. The summed E-state index contributed by atoms with van der Waals surface area (Å²) < 4.78 is 0. The monoisotopic (exact) mass is 316 g/mol. The van der Waals surface area contributed by atoms with Gasteiger partial charge in [-0.25, -0.2) is 0 Å². The van der Waals surface area contributed by atoms with Gasteiger partial charge in [0.05, 0.1) is 0 Å². The number of hydrogen-bond acceptors (Lipinski definition) is 2. The predicted octanol–water partition coefficient (Wildman–Crippen LogP) is 4.29. The topological polar surface area (TPSA) is 58.2 Å². The van der Waals surface area contributed by atoms with Crippen molar-refractivity contribution in [3.8, 4) is 0 Å². The van der Waals surface area contributed by atoms with Gasteiger partial charge >= 0.3 is 0 Å². The molecule has 2 N–H and O–H groups in total. The molecule has 4 nitrogen and oxygen atoms in total. The van der Waals surface area contributed by atoms with E-state index in [1.54, 1.807) is 6.07 Å². The zero-order valence-electron chi connectivity index (χ0n) is 14.6. The average molecular weight is 316 g/mol. The number of carbonyl (C=O) groups is 2. The number of anilines is 2. The van der Waals surface area contributed by atoms with Gasteiger partial charge in [-0.3, -0.25) is 9.59 Å². The van der Waals surface area contributed by atoms with Crippen LogP contribution in [0.5, 0.6) is 0 Å². The Labute approximate surface area is 139 Å². The molecule has 0 heterocycles. The molecule has 126 valence electrons. The fraction of sp³-hybridized carbons (Fsp3) is 0.579. The smallest absolute Gasteiger partial charge is 0.227 e. The molecule has 1 aliphatic carbocycles. The van der Waals surface area contributed by atoms with Crippen LogP contribution in [0, 0.1) is 23.7 Å². The molecule has 1 fully saturated rings. The van der Waals surface area contributed by atoms with Gasteiger partial charge in [-0.2, -0.15) is 0 Å². The molecule has 3 atom stereocenters. The molecule has 1 aliphatic rings. The van der Waals surface area contributed by atoms with Crippen molar-refractivity contribution >= 4 is 23.2 Å². The van der Waals surface area contributed by atoms with Crippen molar-refractivity contribution in [2.24, 2.45) is 23.7 Å². The van der Waals surface area contributed by atoms with Crippen LogP contribution in [-0.2, 0) is 9.59 Å². The van der Waals surface area contributed by atoms with E-state index in [9.17, 15) is 9.59 Å². The summed E-state index contributed by atoms with van der Waals surface area (Å²) in [5, 5.41) is 5.78. The van der Waals surface area contributed by atoms with Crippen LogP contribution in [-0.4, -0.2) is 11.8 Å². The third kappa shape index (κ3) is 4.81. The predicted molar refractivity (Wildman–Crippen MR) is 94.2 cm³/mol. The third-order valence-corrected chi connectivity index (χ3v) is 4.81. The second-order valence-corrected chi connectivity index (χ2v) is 7.18. The Kier molecular flexibility index (Phi) is 5.80. The first kappa shape index (κ1) is 17.5. The molecule has 4 heteroatoms. The Bertz CT molecular complexity index is 568. The highest BCUT2D eigenvalue weighted by atomic mass is 16.2. The van der Waals surface area contributed by atoms with E-state index in [2.05, 4.69) is 31.4 Å². The van der Waals surface area contributed by atoms with Crippen LogP contribution in [0.15, 0.2) is 24.3 Å². The van der Waals surface area contributed by atoms with Crippen LogP contribution in [0.3, 0.4) is 0 Å². The summed E-state index contributed by atoms with van der Waals surface area (Å²) in [5.74, 6) is 1.63. The largest absolute Gasteiger partial charge is 0.326 e. The Morgan fingerprint density at radius 2 is 1.78 bits per heavy atom. The van der Waals surface area contributed by atoms with Gasteiger partial charge in [0.2, 0.25) is 11.8 Å². The Morgan fingerprint density at radius 1 is 1.13 bits per heavy atom. The SMILES string of the molecule is CC(=O)Nc1cccc(NC(=O)[C@@H]2C[C@H](C)CC[C@H]2C(C)C)c1. The summed E-state index contributed by atoms with van der Waals surface area (Å²) in [7, 11) is 0. The van der Waals surface area contributed by atoms with Crippen molar-refractivity contribution in [1.29, 1.82) is 0 Å². The number of carbonyl (C=O) groups excluding carboxylic acids is 2. The number of rotatable bonds is 4. The number of hydrogen-bond donors (Lipinski definition) is 2. The van der Waals surface area contributed by atoms with E-state index in [1.807, 2.05) is 18.2 Å². The molecule has 0 spiro atoms. The first-order chi connectivity index (χ1) is 10.9. The molecule has 2 amide bonds. The molecule has 0 radical (unpaired) electrons. The van der Waals surface area contributed by atoms with Gasteiger partial charge in [0.1, 0.15) is 0 Å². The molecule has 0 bridgehead atoms. The second kappa shape index (κ2) is 7.62. The standard InChI is InChI=1S/C19H28N2O2/c1-12(2)17-9-8-13(3)10-18(17)19(23)21-16-7-5-6-15(11-16)20-14(4)22/h5-7,11-13,17-18H,8-10H2,1-4H3,(H,20,22)(H,21,23)/t13-,17+,18-/m1/s1. The molecule has 2 rings (SSSR count). The molecule has 0 unspecified atom stereocenters. The summed E-state index contributed by atoms with van der Waals surface area (Å²) >= 11 is 0. The van der Waals surface area contributed by atoms with Crippen LogP contribution < -0.4 is 10.6 Å². The molecule has 1 aromatic carbocycles.